The third-order valence-corrected chi connectivity index (χ3v) is 5.60. The van der Waals surface area contributed by atoms with Gasteiger partial charge in [0.25, 0.3) is 0 Å². The lowest BCUT2D eigenvalue weighted by Crippen LogP contribution is -2.27. The highest BCUT2D eigenvalue weighted by atomic mass is 16.6. The summed E-state index contributed by atoms with van der Waals surface area (Å²) in [5.41, 5.74) is 3.20. The molecular formula is C28H30N4O4. The van der Waals surface area contributed by atoms with E-state index in [1.807, 2.05) is 36.4 Å². The highest BCUT2D eigenvalue weighted by molar-refractivity contribution is 5.76. The van der Waals surface area contributed by atoms with E-state index in [9.17, 15) is 4.79 Å². The predicted molar refractivity (Wildman–Crippen MR) is 137 cm³/mol. The van der Waals surface area contributed by atoms with Gasteiger partial charge in [-0.3, -0.25) is 4.98 Å². The van der Waals surface area contributed by atoms with Crippen LogP contribution in [-0.4, -0.2) is 27.8 Å². The summed E-state index contributed by atoms with van der Waals surface area (Å²) in [4.78, 5) is 16.7. The lowest BCUT2D eigenvalue weighted by Gasteiger charge is -2.14. The molecule has 4 rings (SSSR count). The van der Waals surface area contributed by atoms with Crippen LogP contribution in [0, 0.1) is 0 Å². The molecule has 0 aliphatic carbocycles. The number of hydrogen-bond donors (Lipinski definition) is 1. The third-order valence-electron chi connectivity index (χ3n) is 5.60. The van der Waals surface area contributed by atoms with Crippen LogP contribution in [0.2, 0.25) is 0 Å². The Morgan fingerprint density at radius 2 is 1.81 bits per heavy atom. The van der Waals surface area contributed by atoms with Gasteiger partial charge in [-0.05, 0) is 36.2 Å². The molecule has 8 heteroatoms. The Kier molecular flexibility index (Phi) is 9.02. The highest BCUT2D eigenvalue weighted by Gasteiger charge is 2.14. The zero-order valence-electron chi connectivity index (χ0n) is 20.4. The maximum Gasteiger partial charge on any atom is 0.412 e. The van der Waals surface area contributed by atoms with Crippen molar-refractivity contribution in [2.24, 2.45) is 0 Å². The van der Waals surface area contributed by atoms with Crippen LogP contribution in [0.4, 0.5) is 4.79 Å². The summed E-state index contributed by atoms with van der Waals surface area (Å²) in [6.45, 7) is 3.16. The predicted octanol–water partition coefficient (Wildman–Crippen LogP) is 6.44. The smallest absolute Gasteiger partial charge is 0.412 e. The van der Waals surface area contributed by atoms with Crippen LogP contribution in [0.25, 0.3) is 22.6 Å². The zero-order valence-corrected chi connectivity index (χ0v) is 20.4. The van der Waals surface area contributed by atoms with E-state index in [1.54, 1.807) is 30.6 Å². The Morgan fingerprint density at radius 3 is 2.61 bits per heavy atom. The van der Waals surface area contributed by atoms with Gasteiger partial charge in [0, 0.05) is 30.1 Å². The zero-order chi connectivity index (χ0) is 25.0. The van der Waals surface area contributed by atoms with Crippen molar-refractivity contribution in [3.63, 3.8) is 0 Å². The first-order chi connectivity index (χ1) is 17.7. The minimum atomic E-state index is -0.480. The van der Waals surface area contributed by atoms with Crippen LogP contribution in [0.1, 0.15) is 44.6 Å². The van der Waals surface area contributed by atoms with E-state index in [4.69, 9.17) is 13.9 Å². The van der Waals surface area contributed by atoms with Gasteiger partial charge in [0.15, 0.2) is 0 Å². The Labute approximate surface area is 210 Å². The molecular weight excluding hydrogens is 456 g/mol. The van der Waals surface area contributed by atoms with Crippen molar-refractivity contribution in [2.45, 2.75) is 45.6 Å². The number of nitrogens with zero attached hydrogens (tertiary/aromatic N) is 3. The van der Waals surface area contributed by atoms with Gasteiger partial charge in [-0.2, -0.15) is 0 Å². The van der Waals surface area contributed by atoms with Crippen molar-refractivity contribution < 1.29 is 18.7 Å². The van der Waals surface area contributed by atoms with Gasteiger partial charge in [0.2, 0.25) is 12.3 Å². The van der Waals surface area contributed by atoms with Gasteiger partial charge in [0.05, 0.1) is 5.56 Å². The number of nitrogens with one attached hydrogen (secondary N) is 1. The fraction of sp³-hybridized carbons (Fsp3) is 0.286. The fourth-order valence-corrected chi connectivity index (χ4v) is 3.72. The van der Waals surface area contributed by atoms with Crippen molar-refractivity contribution in [1.29, 1.82) is 0 Å². The van der Waals surface area contributed by atoms with Gasteiger partial charge < -0.3 is 19.2 Å². The molecule has 0 atom stereocenters. The molecule has 0 fully saturated rings. The number of pyridine rings is 1. The molecule has 4 aromatic rings. The van der Waals surface area contributed by atoms with Gasteiger partial charge in [-0.1, -0.05) is 62.9 Å². The topological polar surface area (TPSA) is 99.4 Å². The van der Waals surface area contributed by atoms with Crippen LogP contribution in [0.5, 0.6) is 11.5 Å². The summed E-state index contributed by atoms with van der Waals surface area (Å²) >= 11 is 0. The number of carbonyl (C=O) groups is 1. The largest absolute Gasteiger partial charge is 0.488 e. The van der Waals surface area contributed by atoms with Crippen molar-refractivity contribution in [3.05, 3.63) is 78.9 Å². The Morgan fingerprint density at radius 1 is 0.972 bits per heavy atom. The molecule has 186 valence electrons. The number of aromatic nitrogens is 3. The first-order valence-electron chi connectivity index (χ1n) is 12.2. The number of rotatable bonds is 12. The molecule has 0 unspecified atom stereocenters. The monoisotopic (exact) mass is 486 g/mol. The van der Waals surface area contributed by atoms with Crippen molar-refractivity contribution >= 4 is 6.09 Å². The second-order valence-corrected chi connectivity index (χ2v) is 8.37. The lowest BCUT2D eigenvalue weighted by atomic mass is 10.0. The van der Waals surface area contributed by atoms with Crippen molar-refractivity contribution in [1.82, 2.24) is 20.5 Å². The molecule has 1 N–H and O–H groups in total. The standard InChI is InChI=1S/C28H30N4O4/c1-2-3-4-5-9-14-30-28(33)36-24-12-13-26(34-19-21-10-7-6-8-11-21)25(16-24)22-15-23(18-29-17-22)27-32-31-20-35-27/h6-8,10-13,15-18,20H,2-5,9,14,19H2,1H3,(H,30,33). The normalized spacial score (nSPS) is 10.7. The first-order valence-corrected chi connectivity index (χ1v) is 12.2. The number of amides is 1. The molecule has 36 heavy (non-hydrogen) atoms. The van der Waals surface area contributed by atoms with Crippen LogP contribution >= 0.6 is 0 Å². The quantitative estimate of drug-likeness (QED) is 0.230. The van der Waals surface area contributed by atoms with E-state index < -0.39 is 6.09 Å². The van der Waals surface area contributed by atoms with E-state index in [0.29, 0.717) is 36.1 Å². The maximum atomic E-state index is 12.3. The average molecular weight is 487 g/mol. The molecule has 2 aromatic carbocycles. The summed E-state index contributed by atoms with van der Waals surface area (Å²) in [5, 5.41) is 10.5. The Bertz CT molecular complexity index is 1230. The van der Waals surface area contributed by atoms with Gasteiger partial charge in [0.1, 0.15) is 18.1 Å². The average Bonchev–Trinajstić information content (AvgIpc) is 3.46. The number of hydrogen-bond acceptors (Lipinski definition) is 7. The van der Waals surface area contributed by atoms with E-state index in [1.165, 1.54) is 25.7 Å². The molecule has 0 aliphatic heterocycles. The van der Waals surface area contributed by atoms with Gasteiger partial charge >= 0.3 is 6.09 Å². The number of carbonyl (C=O) groups excluding carboxylic acids is 1. The molecule has 2 heterocycles. The van der Waals surface area contributed by atoms with Gasteiger partial charge in [-0.25, -0.2) is 4.79 Å². The second-order valence-electron chi connectivity index (χ2n) is 8.37. The van der Waals surface area contributed by atoms with Gasteiger partial charge in [-0.15, -0.1) is 10.2 Å². The molecule has 0 saturated heterocycles. The highest BCUT2D eigenvalue weighted by Crippen LogP contribution is 2.35. The van der Waals surface area contributed by atoms with Crippen molar-refractivity contribution in [2.75, 3.05) is 6.54 Å². The summed E-state index contributed by atoms with van der Waals surface area (Å²) in [6.07, 6.45) is 9.76. The molecule has 0 aliphatic rings. The van der Waals surface area contributed by atoms with Crippen molar-refractivity contribution in [3.8, 4) is 34.1 Å². The number of benzene rings is 2. The number of ether oxygens (including phenoxy) is 2. The first kappa shape index (κ1) is 24.9. The summed E-state index contributed by atoms with van der Waals surface area (Å²) < 4.78 is 17.0. The lowest BCUT2D eigenvalue weighted by molar-refractivity contribution is 0.200. The minimum Gasteiger partial charge on any atom is -0.488 e. The summed E-state index contributed by atoms with van der Waals surface area (Å²) in [6, 6.07) is 17.1. The van der Waals surface area contributed by atoms with E-state index in [2.05, 4.69) is 27.4 Å². The Balaban J connectivity index is 1.51. The van der Waals surface area contributed by atoms with E-state index in [-0.39, 0.29) is 0 Å². The van der Waals surface area contributed by atoms with Crippen LogP contribution in [0.3, 0.4) is 0 Å². The van der Waals surface area contributed by atoms with Crippen LogP contribution in [0.15, 0.2) is 77.8 Å². The molecule has 0 spiro atoms. The second kappa shape index (κ2) is 13.0. The van der Waals surface area contributed by atoms with E-state index in [0.717, 1.165) is 29.5 Å². The molecule has 0 radical (unpaired) electrons. The number of unbranched alkanes of at least 4 members (excludes halogenated alkanes) is 4. The Hall–Kier alpha value is -4.20. The molecule has 8 nitrogen and oxygen atoms in total. The fourth-order valence-electron chi connectivity index (χ4n) is 3.72. The molecule has 0 saturated carbocycles. The van der Waals surface area contributed by atoms with E-state index >= 15 is 0 Å². The summed E-state index contributed by atoms with van der Waals surface area (Å²) in [5.74, 6) is 1.40. The van der Waals surface area contributed by atoms with Crippen LogP contribution < -0.4 is 14.8 Å². The molecule has 2 aromatic heterocycles. The minimum absolute atomic E-state index is 0.363. The van der Waals surface area contributed by atoms with Crippen LogP contribution in [-0.2, 0) is 6.61 Å². The SMILES string of the molecule is CCCCCCCNC(=O)Oc1ccc(OCc2ccccc2)c(-c2cncc(-c3nnco3)c2)c1. The third kappa shape index (κ3) is 7.15. The maximum absolute atomic E-state index is 12.3. The molecule has 0 bridgehead atoms. The summed E-state index contributed by atoms with van der Waals surface area (Å²) in [7, 11) is 0. The molecule has 1 amide bonds.